The van der Waals surface area contributed by atoms with Gasteiger partial charge in [-0.15, -0.1) is 0 Å². The van der Waals surface area contributed by atoms with Gasteiger partial charge in [-0.05, 0) is 61.7 Å². The Balaban J connectivity index is 1.48. The van der Waals surface area contributed by atoms with Crippen molar-refractivity contribution in [2.45, 2.75) is 40.3 Å². The van der Waals surface area contributed by atoms with Crippen molar-refractivity contribution in [2.75, 3.05) is 10.2 Å². The topological polar surface area (TPSA) is 67.2 Å². The lowest BCUT2D eigenvalue weighted by Gasteiger charge is -2.27. The second kappa shape index (κ2) is 7.54. The van der Waals surface area contributed by atoms with Crippen molar-refractivity contribution in [1.29, 1.82) is 0 Å². The number of benzene rings is 2. The third kappa shape index (κ3) is 4.06. The SMILES string of the molecule is Cc1cc(C)cc(NC(=O)c2ccc(CN3C(=O)CCn4nc(C)cc43)cc2)c1. The number of carbonyl (C=O) groups is 2. The van der Waals surface area contributed by atoms with E-state index in [4.69, 9.17) is 0 Å². The first-order chi connectivity index (χ1) is 13.9. The molecule has 0 fully saturated rings. The first-order valence-electron chi connectivity index (χ1n) is 9.72. The summed E-state index contributed by atoms with van der Waals surface area (Å²) < 4.78 is 1.88. The summed E-state index contributed by atoms with van der Waals surface area (Å²) in [5.74, 6) is 0.772. The van der Waals surface area contributed by atoms with Crippen LogP contribution in [0.5, 0.6) is 0 Å². The molecule has 148 valence electrons. The normalized spacial score (nSPS) is 13.3. The zero-order valence-corrected chi connectivity index (χ0v) is 16.9. The van der Waals surface area contributed by atoms with E-state index in [1.54, 1.807) is 17.0 Å². The van der Waals surface area contributed by atoms with Crippen LogP contribution in [0.15, 0.2) is 48.5 Å². The number of aryl methyl sites for hydroxylation is 4. The smallest absolute Gasteiger partial charge is 0.255 e. The summed E-state index contributed by atoms with van der Waals surface area (Å²) in [7, 11) is 0. The minimum atomic E-state index is -0.149. The molecular formula is C23H24N4O2. The fourth-order valence-corrected chi connectivity index (χ4v) is 3.74. The summed E-state index contributed by atoms with van der Waals surface area (Å²) in [6.45, 7) is 7.02. The lowest BCUT2D eigenvalue weighted by atomic mass is 10.1. The monoisotopic (exact) mass is 388 g/mol. The van der Waals surface area contributed by atoms with Crippen LogP contribution in [0.3, 0.4) is 0 Å². The molecular weight excluding hydrogens is 364 g/mol. The van der Waals surface area contributed by atoms with E-state index in [2.05, 4.69) is 16.5 Å². The molecule has 6 heteroatoms. The Morgan fingerprint density at radius 1 is 1.03 bits per heavy atom. The van der Waals surface area contributed by atoms with Crippen molar-refractivity contribution in [3.05, 3.63) is 76.5 Å². The number of aromatic nitrogens is 2. The molecule has 0 unspecified atom stereocenters. The standard InChI is InChI=1S/C23H24N4O2/c1-15-10-16(2)12-20(11-15)24-23(29)19-6-4-18(5-7-19)14-26-21-13-17(3)25-27(21)9-8-22(26)28/h4-7,10-13H,8-9,14H2,1-3H3,(H,24,29). The summed E-state index contributed by atoms with van der Waals surface area (Å²) in [5.41, 5.74) is 5.46. The number of fused-ring (bicyclic) bond motifs is 1. The van der Waals surface area contributed by atoms with Gasteiger partial charge in [0.05, 0.1) is 18.8 Å². The molecule has 2 aromatic carbocycles. The summed E-state index contributed by atoms with van der Waals surface area (Å²) in [5, 5.41) is 7.39. The summed E-state index contributed by atoms with van der Waals surface area (Å²) in [6, 6.07) is 15.3. The zero-order chi connectivity index (χ0) is 20.5. The Morgan fingerprint density at radius 3 is 2.41 bits per heavy atom. The van der Waals surface area contributed by atoms with E-state index >= 15 is 0 Å². The lowest BCUT2D eigenvalue weighted by molar-refractivity contribution is -0.119. The summed E-state index contributed by atoms with van der Waals surface area (Å²) in [4.78, 5) is 26.8. The van der Waals surface area contributed by atoms with Gasteiger partial charge in [0.1, 0.15) is 5.82 Å². The van der Waals surface area contributed by atoms with Gasteiger partial charge >= 0.3 is 0 Å². The van der Waals surface area contributed by atoms with Crippen molar-refractivity contribution in [1.82, 2.24) is 9.78 Å². The van der Waals surface area contributed by atoms with Gasteiger partial charge in [0, 0.05) is 23.7 Å². The van der Waals surface area contributed by atoms with E-state index in [0.717, 1.165) is 33.9 Å². The maximum atomic E-state index is 12.6. The van der Waals surface area contributed by atoms with Crippen molar-refractivity contribution in [2.24, 2.45) is 0 Å². The van der Waals surface area contributed by atoms with Gasteiger partial charge in [-0.1, -0.05) is 18.2 Å². The van der Waals surface area contributed by atoms with Crippen LogP contribution in [0.1, 0.15) is 39.2 Å². The number of amides is 2. The number of nitrogens with zero attached hydrogens (tertiary/aromatic N) is 3. The predicted molar refractivity (Wildman–Crippen MR) is 113 cm³/mol. The maximum Gasteiger partial charge on any atom is 0.255 e. The average molecular weight is 388 g/mol. The number of hydrogen-bond acceptors (Lipinski definition) is 3. The van der Waals surface area contributed by atoms with Crippen LogP contribution in [0.25, 0.3) is 0 Å². The molecule has 0 spiro atoms. The molecule has 1 aliphatic rings. The second-order valence-corrected chi connectivity index (χ2v) is 7.62. The molecule has 3 aromatic rings. The second-order valence-electron chi connectivity index (χ2n) is 7.62. The Morgan fingerprint density at radius 2 is 1.72 bits per heavy atom. The van der Waals surface area contributed by atoms with E-state index < -0.39 is 0 Å². The number of hydrogen-bond donors (Lipinski definition) is 1. The lowest BCUT2D eigenvalue weighted by Crippen LogP contribution is -2.36. The molecule has 0 bridgehead atoms. The van der Waals surface area contributed by atoms with Crippen molar-refractivity contribution in [3.63, 3.8) is 0 Å². The molecule has 2 heterocycles. The fourth-order valence-electron chi connectivity index (χ4n) is 3.74. The van der Waals surface area contributed by atoms with Crippen LogP contribution < -0.4 is 10.2 Å². The highest BCUT2D eigenvalue weighted by molar-refractivity contribution is 6.04. The number of carbonyl (C=O) groups excluding carboxylic acids is 2. The minimum absolute atomic E-state index is 0.0917. The summed E-state index contributed by atoms with van der Waals surface area (Å²) >= 11 is 0. The third-order valence-electron chi connectivity index (χ3n) is 5.03. The van der Waals surface area contributed by atoms with Gasteiger partial charge in [0.15, 0.2) is 0 Å². The van der Waals surface area contributed by atoms with Crippen LogP contribution in [-0.2, 0) is 17.9 Å². The number of nitrogens with one attached hydrogen (secondary N) is 1. The van der Waals surface area contributed by atoms with Gasteiger partial charge in [-0.2, -0.15) is 5.10 Å². The molecule has 1 aliphatic heterocycles. The van der Waals surface area contributed by atoms with Crippen molar-refractivity contribution in [3.8, 4) is 0 Å². The summed E-state index contributed by atoms with van der Waals surface area (Å²) in [6.07, 6.45) is 0.449. The third-order valence-corrected chi connectivity index (χ3v) is 5.03. The van der Waals surface area contributed by atoms with E-state index in [1.807, 2.05) is 55.8 Å². The molecule has 1 aromatic heterocycles. The molecule has 0 saturated heterocycles. The highest BCUT2D eigenvalue weighted by atomic mass is 16.2. The van der Waals surface area contributed by atoms with Gasteiger partial charge in [-0.25, -0.2) is 4.68 Å². The highest BCUT2D eigenvalue weighted by Gasteiger charge is 2.25. The molecule has 6 nitrogen and oxygen atoms in total. The minimum Gasteiger partial charge on any atom is -0.322 e. The van der Waals surface area contributed by atoms with Crippen LogP contribution in [0.4, 0.5) is 11.5 Å². The van der Waals surface area contributed by atoms with Gasteiger partial charge < -0.3 is 5.32 Å². The van der Waals surface area contributed by atoms with Crippen LogP contribution in [0.2, 0.25) is 0 Å². The highest BCUT2D eigenvalue weighted by Crippen LogP contribution is 2.24. The van der Waals surface area contributed by atoms with Gasteiger partial charge in [0.25, 0.3) is 5.91 Å². The van der Waals surface area contributed by atoms with Crippen LogP contribution >= 0.6 is 0 Å². The Kier molecular flexibility index (Phi) is 4.92. The molecule has 1 N–H and O–H groups in total. The van der Waals surface area contributed by atoms with Gasteiger partial charge in [0.2, 0.25) is 5.91 Å². The van der Waals surface area contributed by atoms with E-state index in [-0.39, 0.29) is 11.8 Å². The molecule has 0 saturated carbocycles. The average Bonchev–Trinajstić information content (AvgIpc) is 3.04. The van der Waals surface area contributed by atoms with E-state index in [0.29, 0.717) is 25.1 Å². The molecule has 0 radical (unpaired) electrons. The van der Waals surface area contributed by atoms with Crippen molar-refractivity contribution < 1.29 is 9.59 Å². The molecule has 29 heavy (non-hydrogen) atoms. The molecule has 2 amide bonds. The van der Waals surface area contributed by atoms with E-state index in [1.165, 1.54) is 0 Å². The van der Waals surface area contributed by atoms with Crippen molar-refractivity contribution >= 4 is 23.3 Å². The predicted octanol–water partition coefficient (Wildman–Crippen LogP) is 4.00. The fraction of sp³-hybridized carbons (Fsp3) is 0.261. The van der Waals surface area contributed by atoms with Gasteiger partial charge in [-0.3, -0.25) is 14.5 Å². The van der Waals surface area contributed by atoms with Crippen LogP contribution in [0, 0.1) is 20.8 Å². The quantitative estimate of drug-likeness (QED) is 0.735. The molecule has 0 aliphatic carbocycles. The van der Waals surface area contributed by atoms with Crippen LogP contribution in [-0.4, -0.2) is 21.6 Å². The first kappa shape index (κ1) is 18.9. The van der Waals surface area contributed by atoms with E-state index in [9.17, 15) is 9.59 Å². The first-order valence-corrected chi connectivity index (χ1v) is 9.72. The number of anilines is 2. The molecule has 0 atom stereocenters. The Labute approximate surface area is 170 Å². The largest absolute Gasteiger partial charge is 0.322 e. The number of rotatable bonds is 4. The Bertz CT molecular complexity index is 1060. The molecule has 4 rings (SSSR count). The Hall–Kier alpha value is -3.41. The maximum absolute atomic E-state index is 12.6. The zero-order valence-electron chi connectivity index (χ0n) is 16.9.